The smallest absolute Gasteiger partial charge is 0.192 e. The number of aromatic nitrogens is 1. The Balaban J connectivity index is 2.23. The molecule has 3 rings (SSSR count). The van der Waals surface area contributed by atoms with Gasteiger partial charge in [-0.25, -0.2) is 0 Å². The predicted octanol–water partition coefficient (Wildman–Crippen LogP) is 2.75. The van der Waals surface area contributed by atoms with Crippen molar-refractivity contribution in [2.75, 3.05) is 0 Å². The topological polar surface area (TPSA) is 47.0 Å². The third-order valence-electron chi connectivity index (χ3n) is 3.10. The minimum atomic E-state index is -1.31. The molecule has 1 aliphatic carbocycles. The molecule has 1 aromatic heterocycles. The van der Waals surface area contributed by atoms with Crippen LogP contribution in [-0.4, -0.2) is 16.6 Å². The van der Waals surface area contributed by atoms with Crippen molar-refractivity contribution in [3.05, 3.63) is 65.5 Å². The Morgan fingerprint density at radius 1 is 0.944 bits per heavy atom. The average molecular weight is 302 g/mol. The fourth-order valence-corrected chi connectivity index (χ4v) is 2.84. The summed E-state index contributed by atoms with van der Waals surface area (Å²) < 4.78 is -1.31. The van der Waals surface area contributed by atoms with Gasteiger partial charge >= 0.3 is 0 Å². The first-order valence-electron chi connectivity index (χ1n) is 5.43. The first kappa shape index (κ1) is 11.3. The summed E-state index contributed by atoms with van der Waals surface area (Å²) >= 11 is 3.33. The maximum absolute atomic E-state index is 12.4. The Labute approximate surface area is 112 Å². The molecule has 0 aliphatic heterocycles. The average Bonchev–Trinajstić information content (AvgIpc) is 2.64. The molecule has 3 nitrogen and oxygen atoms in total. The summed E-state index contributed by atoms with van der Waals surface area (Å²) in [6.07, 6.45) is 3.15. The number of hydrogen-bond acceptors (Lipinski definition) is 3. The van der Waals surface area contributed by atoms with Gasteiger partial charge in [-0.15, -0.1) is 0 Å². The normalized spacial score (nSPS) is 16.7. The number of ketones is 2. The van der Waals surface area contributed by atoms with Crippen LogP contribution in [0.5, 0.6) is 0 Å². The molecule has 0 fully saturated rings. The van der Waals surface area contributed by atoms with Crippen molar-refractivity contribution in [2.45, 2.75) is 4.32 Å². The van der Waals surface area contributed by atoms with Gasteiger partial charge in [0.1, 0.15) is 0 Å². The van der Waals surface area contributed by atoms with Crippen LogP contribution in [0.1, 0.15) is 26.3 Å². The number of hydrogen-bond donors (Lipinski definition) is 0. The molecular formula is C14H8BrNO2. The maximum atomic E-state index is 12.4. The Morgan fingerprint density at radius 3 is 2.06 bits per heavy atom. The zero-order valence-corrected chi connectivity index (χ0v) is 10.8. The van der Waals surface area contributed by atoms with Crippen LogP contribution in [0.4, 0.5) is 0 Å². The van der Waals surface area contributed by atoms with E-state index in [1.807, 2.05) is 0 Å². The molecular weight excluding hydrogens is 294 g/mol. The first-order valence-corrected chi connectivity index (χ1v) is 6.23. The van der Waals surface area contributed by atoms with E-state index in [-0.39, 0.29) is 11.6 Å². The Bertz CT molecular complexity index is 617. The second-order valence-corrected chi connectivity index (χ2v) is 5.29. The molecule has 1 aliphatic rings. The lowest BCUT2D eigenvalue weighted by Crippen LogP contribution is -2.31. The first-order chi connectivity index (χ1) is 8.65. The van der Waals surface area contributed by atoms with Crippen molar-refractivity contribution in [2.24, 2.45) is 0 Å². The Morgan fingerprint density at radius 2 is 1.56 bits per heavy atom. The Kier molecular flexibility index (Phi) is 2.41. The van der Waals surface area contributed by atoms with Crippen molar-refractivity contribution in [3.8, 4) is 0 Å². The SMILES string of the molecule is O=C1c2ccccc2C(=O)C1(Br)c1cccnc1. The van der Waals surface area contributed by atoms with Crippen LogP contribution in [0, 0.1) is 0 Å². The number of benzene rings is 1. The van der Waals surface area contributed by atoms with Gasteiger partial charge in [0.15, 0.2) is 15.9 Å². The number of halogens is 1. The van der Waals surface area contributed by atoms with Gasteiger partial charge < -0.3 is 0 Å². The van der Waals surface area contributed by atoms with Gasteiger partial charge in [-0.2, -0.15) is 0 Å². The van der Waals surface area contributed by atoms with Crippen LogP contribution in [0.3, 0.4) is 0 Å². The van der Waals surface area contributed by atoms with E-state index in [0.717, 1.165) is 0 Å². The maximum Gasteiger partial charge on any atom is 0.192 e. The van der Waals surface area contributed by atoms with E-state index in [1.54, 1.807) is 42.6 Å². The molecule has 0 radical (unpaired) electrons. The molecule has 0 spiro atoms. The highest BCUT2D eigenvalue weighted by molar-refractivity contribution is 9.10. The van der Waals surface area contributed by atoms with E-state index < -0.39 is 4.32 Å². The van der Waals surface area contributed by atoms with Gasteiger partial charge in [-0.3, -0.25) is 14.6 Å². The molecule has 0 unspecified atom stereocenters. The van der Waals surface area contributed by atoms with E-state index in [2.05, 4.69) is 20.9 Å². The zero-order valence-electron chi connectivity index (χ0n) is 9.26. The number of nitrogens with zero attached hydrogens (tertiary/aromatic N) is 1. The predicted molar refractivity (Wildman–Crippen MR) is 69.9 cm³/mol. The fourth-order valence-electron chi connectivity index (χ4n) is 2.18. The summed E-state index contributed by atoms with van der Waals surface area (Å²) in [5, 5.41) is 0. The number of alkyl halides is 1. The van der Waals surface area contributed by atoms with E-state index in [1.165, 1.54) is 6.20 Å². The van der Waals surface area contributed by atoms with Crippen LogP contribution in [-0.2, 0) is 4.32 Å². The second kappa shape index (κ2) is 3.85. The summed E-state index contributed by atoms with van der Waals surface area (Å²) in [7, 11) is 0. The molecule has 18 heavy (non-hydrogen) atoms. The summed E-state index contributed by atoms with van der Waals surface area (Å²) in [6, 6.07) is 10.3. The third kappa shape index (κ3) is 1.32. The van der Waals surface area contributed by atoms with Crippen LogP contribution in [0.15, 0.2) is 48.8 Å². The van der Waals surface area contributed by atoms with Crippen LogP contribution in [0.25, 0.3) is 0 Å². The molecule has 0 saturated heterocycles. The monoisotopic (exact) mass is 301 g/mol. The minimum absolute atomic E-state index is 0.226. The lowest BCUT2D eigenvalue weighted by Gasteiger charge is -2.17. The van der Waals surface area contributed by atoms with Crippen LogP contribution < -0.4 is 0 Å². The molecule has 0 saturated carbocycles. The number of fused-ring (bicyclic) bond motifs is 1. The second-order valence-electron chi connectivity index (χ2n) is 4.10. The van der Waals surface area contributed by atoms with Gasteiger partial charge in [0, 0.05) is 29.1 Å². The number of rotatable bonds is 1. The third-order valence-corrected chi connectivity index (χ3v) is 4.28. The number of Topliss-reactive ketones (excluding diaryl/α,β-unsaturated/α-hetero) is 2. The van der Waals surface area contributed by atoms with Gasteiger partial charge in [-0.05, 0) is 6.07 Å². The van der Waals surface area contributed by atoms with Crippen LogP contribution >= 0.6 is 15.9 Å². The highest BCUT2D eigenvalue weighted by Gasteiger charge is 2.52. The van der Waals surface area contributed by atoms with Crippen molar-refractivity contribution < 1.29 is 9.59 Å². The number of pyridine rings is 1. The largest absolute Gasteiger partial charge is 0.292 e. The number of carbonyl (C=O) groups is 2. The lowest BCUT2D eigenvalue weighted by molar-refractivity contribution is 0.0871. The van der Waals surface area contributed by atoms with Gasteiger partial charge in [0.2, 0.25) is 0 Å². The van der Waals surface area contributed by atoms with E-state index in [0.29, 0.717) is 16.7 Å². The molecule has 0 atom stereocenters. The van der Waals surface area contributed by atoms with Crippen molar-refractivity contribution in [1.82, 2.24) is 4.98 Å². The van der Waals surface area contributed by atoms with Crippen molar-refractivity contribution in [1.29, 1.82) is 0 Å². The van der Waals surface area contributed by atoms with E-state index >= 15 is 0 Å². The van der Waals surface area contributed by atoms with E-state index in [4.69, 9.17) is 0 Å². The molecule has 2 aromatic rings. The molecule has 0 bridgehead atoms. The van der Waals surface area contributed by atoms with Crippen molar-refractivity contribution >= 4 is 27.5 Å². The van der Waals surface area contributed by atoms with E-state index in [9.17, 15) is 9.59 Å². The lowest BCUT2D eigenvalue weighted by atomic mass is 9.95. The standard InChI is InChI=1S/C14H8BrNO2/c15-14(9-4-3-7-16-8-9)12(17)10-5-1-2-6-11(10)13(14)18/h1-8H. The fraction of sp³-hybridized carbons (Fsp3) is 0.0714. The molecule has 1 aromatic carbocycles. The number of carbonyl (C=O) groups excluding carboxylic acids is 2. The summed E-state index contributed by atoms with van der Waals surface area (Å²) in [6.45, 7) is 0. The quantitative estimate of drug-likeness (QED) is 0.601. The zero-order chi connectivity index (χ0) is 12.8. The molecule has 88 valence electrons. The van der Waals surface area contributed by atoms with Gasteiger partial charge in [-0.1, -0.05) is 46.3 Å². The molecule has 4 heteroatoms. The molecule has 1 heterocycles. The van der Waals surface area contributed by atoms with Gasteiger partial charge in [0.25, 0.3) is 0 Å². The van der Waals surface area contributed by atoms with Crippen LogP contribution in [0.2, 0.25) is 0 Å². The summed E-state index contributed by atoms with van der Waals surface area (Å²) in [5.74, 6) is -0.452. The summed E-state index contributed by atoms with van der Waals surface area (Å²) in [5.41, 5.74) is 1.49. The molecule has 0 N–H and O–H groups in total. The highest BCUT2D eigenvalue weighted by atomic mass is 79.9. The summed E-state index contributed by atoms with van der Waals surface area (Å²) in [4.78, 5) is 28.8. The molecule has 0 amide bonds. The Hall–Kier alpha value is -1.81. The van der Waals surface area contributed by atoms with Crippen molar-refractivity contribution in [3.63, 3.8) is 0 Å². The van der Waals surface area contributed by atoms with Gasteiger partial charge in [0.05, 0.1) is 0 Å². The highest BCUT2D eigenvalue weighted by Crippen LogP contribution is 2.43. The minimum Gasteiger partial charge on any atom is -0.292 e.